The van der Waals surface area contributed by atoms with Crippen LogP contribution in [0.4, 0.5) is 4.39 Å². The number of nitrogens with two attached hydrogens (primary N) is 1. The number of benzene rings is 1. The molecule has 1 aliphatic rings. The number of rotatable bonds is 2. The minimum Gasteiger partial charge on any atom is -0.322 e. The molecule has 13 heavy (non-hydrogen) atoms. The van der Waals surface area contributed by atoms with E-state index in [1.54, 1.807) is 24.3 Å². The van der Waals surface area contributed by atoms with Gasteiger partial charge in [-0.2, -0.15) is 0 Å². The predicted octanol–water partition coefficient (Wildman–Crippen LogP) is 2.84. The second kappa shape index (κ2) is 2.96. The average molecular weight is 200 g/mol. The van der Waals surface area contributed by atoms with Crippen LogP contribution in [0.5, 0.6) is 0 Å². The van der Waals surface area contributed by atoms with E-state index in [2.05, 4.69) is 0 Å². The van der Waals surface area contributed by atoms with Gasteiger partial charge < -0.3 is 5.73 Å². The minimum atomic E-state index is -1.08. The van der Waals surface area contributed by atoms with Gasteiger partial charge in [-0.25, -0.2) is 4.39 Å². The molecule has 0 saturated heterocycles. The first-order valence-corrected chi connectivity index (χ1v) is 4.68. The number of hydrogen-bond acceptors (Lipinski definition) is 1. The maximum absolute atomic E-state index is 13.7. The summed E-state index contributed by atoms with van der Waals surface area (Å²) in [4.78, 5) is 0. The lowest BCUT2D eigenvalue weighted by molar-refractivity contribution is 0.274. The van der Waals surface area contributed by atoms with Crippen molar-refractivity contribution in [1.82, 2.24) is 0 Å². The SMILES string of the molecule is NC1(C(F)c2cccc(Cl)c2)CC1. The van der Waals surface area contributed by atoms with Crippen molar-refractivity contribution in [1.29, 1.82) is 0 Å². The van der Waals surface area contributed by atoms with Crippen LogP contribution in [0.2, 0.25) is 5.02 Å². The summed E-state index contributed by atoms with van der Waals surface area (Å²) in [5.74, 6) is 0. The number of halogens is 2. The lowest BCUT2D eigenvalue weighted by Gasteiger charge is -2.15. The van der Waals surface area contributed by atoms with Crippen LogP contribution in [0.15, 0.2) is 24.3 Å². The Balaban J connectivity index is 2.25. The lowest BCUT2D eigenvalue weighted by atomic mass is 10.0. The average Bonchev–Trinajstić information content (AvgIpc) is 2.84. The van der Waals surface area contributed by atoms with Crippen molar-refractivity contribution >= 4 is 11.6 Å². The molecular weight excluding hydrogens is 189 g/mol. The molecule has 2 rings (SSSR count). The van der Waals surface area contributed by atoms with E-state index in [1.807, 2.05) is 0 Å². The van der Waals surface area contributed by atoms with Crippen LogP contribution in [0.1, 0.15) is 24.6 Å². The zero-order chi connectivity index (χ0) is 9.47. The molecule has 3 heteroatoms. The fraction of sp³-hybridized carbons (Fsp3) is 0.400. The summed E-state index contributed by atoms with van der Waals surface area (Å²) in [7, 11) is 0. The molecule has 1 nitrogen and oxygen atoms in total. The van der Waals surface area contributed by atoms with Gasteiger partial charge in [0.25, 0.3) is 0 Å². The molecule has 70 valence electrons. The molecule has 1 aromatic rings. The van der Waals surface area contributed by atoms with E-state index < -0.39 is 11.7 Å². The van der Waals surface area contributed by atoms with Crippen LogP contribution in [0.25, 0.3) is 0 Å². The third-order valence-corrected chi connectivity index (χ3v) is 2.71. The standard InChI is InChI=1S/C10H11ClFN/c11-8-3-1-2-7(6-8)9(12)10(13)4-5-10/h1-3,6,9H,4-5,13H2. The van der Waals surface area contributed by atoms with Gasteiger partial charge in [0.05, 0.1) is 5.54 Å². The Morgan fingerprint density at radius 1 is 1.46 bits per heavy atom. The summed E-state index contributed by atoms with van der Waals surface area (Å²) in [6.45, 7) is 0. The minimum absolute atomic E-state index is 0.560. The Kier molecular flexibility index (Phi) is 2.05. The zero-order valence-electron chi connectivity index (χ0n) is 7.13. The van der Waals surface area contributed by atoms with Crippen molar-refractivity contribution in [3.8, 4) is 0 Å². The predicted molar refractivity (Wildman–Crippen MR) is 51.5 cm³/mol. The van der Waals surface area contributed by atoms with Crippen molar-refractivity contribution in [2.45, 2.75) is 24.6 Å². The van der Waals surface area contributed by atoms with Crippen LogP contribution >= 0.6 is 11.6 Å². The quantitative estimate of drug-likeness (QED) is 0.779. The molecule has 1 aliphatic carbocycles. The first-order chi connectivity index (χ1) is 6.12. The third-order valence-electron chi connectivity index (χ3n) is 2.47. The maximum atomic E-state index is 13.7. The maximum Gasteiger partial charge on any atom is 0.143 e. The van der Waals surface area contributed by atoms with Crippen molar-refractivity contribution < 1.29 is 4.39 Å². The second-order valence-electron chi connectivity index (χ2n) is 3.65. The monoisotopic (exact) mass is 199 g/mol. The van der Waals surface area contributed by atoms with Crippen LogP contribution < -0.4 is 5.73 Å². The molecule has 0 aromatic heterocycles. The third kappa shape index (κ3) is 1.69. The molecule has 0 spiro atoms. The molecular formula is C10H11ClFN. The van der Waals surface area contributed by atoms with Gasteiger partial charge in [-0.3, -0.25) is 0 Å². The highest BCUT2D eigenvalue weighted by Crippen LogP contribution is 2.45. The molecule has 0 amide bonds. The Labute approximate surface area is 81.7 Å². The Hall–Kier alpha value is -0.600. The van der Waals surface area contributed by atoms with Gasteiger partial charge in [-0.1, -0.05) is 23.7 Å². The fourth-order valence-electron chi connectivity index (χ4n) is 1.39. The molecule has 1 saturated carbocycles. The summed E-state index contributed by atoms with van der Waals surface area (Å²) < 4.78 is 13.7. The van der Waals surface area contributed by atoms with Gasteiger partial charge in [0, 0.05) is 5.02 Å². The largest absolute Gasteiger partial charge is 0.322 e. The van der Waals surface area contributed by atoms with Gasteiger partial charge in [-0.15, -0.1) is 0 Å². The molecule has 2 N–H and O–H groups in total. The van der Waals surface area contributed by atoms with E-state index in [-0.39, 0.29) is 0 Å². The molecule has 0 bridgehead atoms. The van der Waals surface area contributed by atoms with E-state index >= 15 is 0 Å². The first-order valence-electron chi connectivity index (χ1n) is 4.30. The number of alkyl halides is 1. The summed E-state index contributed by atoms with van der Waals surface area (Å²) in [5.41, 5.74) is 5.72. The van der Waals surface area contributed by atoms with Crippen molar-refractivity contribution in [3.63, 3.8) is 0 Å². The van der Waals surface area contributed by atoms with Crippen molar-refractivity contribution in [2.24, 2.45) is 5.73 Å². The molecule has 1 unspecified atom stereocenters. The van der Waals surface area contributed by atoms with Gasteiger partial charge >= 0.3 is 0 Å². The lowest BCUT2D eigenvalue weighted by Crippen LogP contribution is -2.27. The van der Waals surface area contributed by atoms with E-state index in [0.29, 0.717) is 10.6 Å². The second-order valence-corrected chi connectivity index (χ2v) is 4.09. The van der Waals surface area contributed by atoms with E-state index in [9.17, 15) is 4.39 Å². The van der Waals surface area contributed by atoms with Crippen molar-refractivity contribution in [2.75, 3.05) is 0 Å². The van der Waals surface area contributed by atoms with Gasteiger partial charge in [-0.05, 0) is 30.5 Å². The smallest absolute Gasteiger partial charge is 0.143 e. The zero-order valence-corrected chi connectivity index (χ0v) is 7.89. The van der Waals surface area contributed by atoms with E-state index in [0.717, 1.165) is 12.8 Å². The van der Waals surface area contributed by atoms with Crippen LogP contribution in [-0.2, 0) is 0 Å². The molecule has 0 heterocycles. The van der Waals surface area contributed by atoms with Gasteiger partial charge in [0.15, 0.2) is 0 Å². The van der Waals surface area contributed by atoms with E-state index in [1.165, 1.54) is 0 Å². The summed E-state index contributed by atoms with van der Waals surface area (Å²) >= 11 is 5.75. The Morgan fingerprint density at radius 3 is 2.69 bits per heavy atom. The highest BCUT2D eigenvalue weighted by atomic mass is 35.5. The van der Waals surface area contributed by atoms with Gasteiger partial charge in [0.1, 0.15) is 6.17 Å². The summed E-state index contributed by atoms with van der Waals surface area (Å²) in [6.07, 6.45) is 0.452. The normalized spacial score (nSPS) is 21.2. The molecule has 0 radical (unpaired) electrons. The summed E-state index contributed by atoms with van der Waals surface area (Å²) in [6, 6.07) is 6.84. The molecule has 1 atom stereocenters. The van der Waals surface area contributed by atoms with Crippen LogP contribution in [-0.4, -0.2) is 5.54 Å². The Morgan fingerprint density at radius 2 is 2.15 bits per heavy atom. The van der Waals surface area contributed by atoms with Crippen LogP contribution in [0, 0.1) is 0 Å². The molecule has 0 aliphatic heterocycles. The van der Waals surface area contributed by atoms with E-state index in [4.69, 9.17) is 17.3 Å². The van der Waals surface area contributed by atoms with Gasteiger partial charge in [0.2, 0.25) is 0 Å². The molecule has 1 aromatic carbocycles. The highest BCUT2D eigenvalue weighted by Gasteiger charge is 2.47. The first kappa shape index (κ1) is 8.97. The van der Waals surface area contributed by atoms with Crippen LogP contribution in [0.3, 0.4) is 0 Å². The number of hydrogen-bond donors (Lipinski definition) is 1. The fourth-order valence-corrected chi connectivity index (χ4v) is 1.59. The summed E-state index contributed by atoms with van der Waals surface area (Å²) in [5, 5.41) is 0.560. The highest BCUT2D eigenvalue weighted by molar-refractivity contribution is 6.30. The Bertz CT molecular complexity index is 322. The molecule has 1 fully saturated rings. The van der Waals surface area contributed by atoms with Crippen molar-refractivity contribution in [3.05, 3.63) is 34.9 Å². The topological polar surface area (TPSA) is 26.0 Å².